The van der Waals surface area contributed by atoms with Crippen molar-refractivity contribution in [1.29, 1.82) is 0 Å². The lowest BCUT2D eigenvalue weighted by atomic mass is 9.89. The topological polar surface area (TPSA) is 63.3 Å². The second-order valence-corrected chi connectivity index (χ2v) is 2.90. The largest absolute Gasteiger partial charge is 0.481 e. The van der Waals surface area contributed by atoms with E-state index in [0.717, 1.165) is 12.8 Å². The molecule has 0 spiro atoms. The van der Waals surface area contributed by atoms with E-state index in [9.17, 15) is 4.79 Å². The van der Waals surface area contributed by atoms with Gasteiger partial charge in [0.25, 0.3) is 0 Å². The Kier molecular flexibility index (Phi) is 2.65. The van der Waals surface area contributed by atoms with Crippen LogP contribution in [0.15, 0.2) is 12.2 Å². The normalized spacial score (nSPS) is 30.3. The van der Waals surface area contributed by atoms with Gasteiger partial charge in [-0.25, -0.2) is 0 Å². The second kappa shape index (κ2) is 3.53. The zero-order chi connectivity index (χ0) is 8.27. The van der Waals surface area contributed by atoms with Crippen molar-refractivity contribution in [3.8, 4) is 0 Å². The van der Waals surface area contributed by atoms with Gasteiger partial charge in [-0.3, -0.25) is 4.79 Å². The number of carboxylic acid groups (broad SMARTS) is 1. The molecule has 1 aliphatic carbocycles. The van der Waals surface area contributed by atoms with Gasteiger partial charge in [0.1, 0.15) is 0 Å². The molecule has 2 unspecified atom stereocenters. The Balaban J connectivity index is 2.49. The van der Waals surface area contributed by atoms with E-state index < -0.39 is 5.97 Å². The fourth-order valence-electron chi connectivity index (χ4n) is 1.28. The molecule has 0 aromatic heterocycles. The summed E-state index contributed by atoms with van der Waals surface area (Å²) in [5.41, 5.74) is 5.43. The fraction of sp³-hybridized carbons (Fsp3) is 0.625. The van der Waals surface area contributed by atoms with Gasteiger partial charge in [0, 0.05) is 0 Å². The third-order valence-electron chi connectivity index (χ3n) is 2.08. The van der Waals surface area contributed by atoms with Crippen LogP contribution >= 0.6 is 0 Å². The molecule has 0 aliphatic heterocycles. The van der Waals surface area contributed by atoms with Crippen molar-refractivity contribution in [1.82, 2.24) is 0 Å². The monoisotopic (exact) mass is 155 g/mol. The Labute approximate surface area is 65.9 Å². The molecule has 0 amide bonds. The second-order valence-electron chi connectivity index (χ2n) is 2.90. The van der Waals surface area contributed by atoms with Gasteiger partial charge in [-0.15, -0.1) is 0 Å². The molecule has 62 valence electrons. The zero-order valence-electron chi connectivity index (χ0n) is 6.36. The van der Waals surface area contributed by atoms with Gasteiger partial charge in [0.2, 0.25) is 0 Å². The number of carbonyl (C=O) groups is 1. The van der Waals surface area contributed by atoms with Gasteiger partial charge in [0.15, 0.2) is 0 Å². The first kappa shape index (κ1) is 8.27. The Bertz CT molecular complexity index is 177. The lowest BCUT2D eigenvalue weighted by molar-refractivity contribution is -0.140. The first-order valence-corrected chi connectivity index (χ1v) is 3.85. The predicted octanol–water partition coefficient (Wildman–Crippen LogP) is 0.612. The number of aliphatic carboxylic acids is 1. The van der Waals surface area contributed by atoms with Crippen molar-refractivity contribution in [2.75, 3.05) is 6.54 Å². The standard InChI is InChI=1S/C8H13NO2/c9-5-6-1-3-7(4-2-6)8(10)11/h1,3,6-7H,2,4-5,9H2,(H,10,11). The minimum Gasteiger partial charge on any atom is -0.481 e. The van der Waals surface area contributed by atoms with Crippen LogP contribution in [0.5, 0.6) is 0 Å². The first-order valence-electron chi connectivity index (χ1n) is 3.85. The van der Waals surface area contributed by atoms with Crippen molar-refractivity contribution in [2.24, 2.45) is 17.6 Å². The van der Waals surface area contributed by atoms with Crippen molar-refractivity contribution in [3.63, 3.8) is 0 Å². The summed E-state index contributed by atoms with van der Waals surface area (Å²) in [6, 6.07) is 0. The van der Waals surface area contributed by atoms with Crippen LogP contribution in [0.25, 0.3) is 0 Å². The Morgan fingerprint density at radius 2 is 2.27 bits per heavy atom. The molecule has 2 atom stereocenters. The van der Waals surface area contributed by atoms with Crippen LogP contribution in [0.4, 0.5) is 0 Å². The number of hydrogen-bond acceptors (Lipinski definition) is 2. The molecule has 3 heteroatoms. The Hall–Kier alpha value is -0.830. The number of hydrogen-bond donors (Lipinski definition) is 2. The van der Waals surface area contributed by atoms with Crippen LogP contribution in [-0.2, 0) is 4.79 Å². The molecule has 0 radical (unpaired) electrons. The highest BCUT2D eigenvalue weighted by atomic mass is 16.4. The molecular weight excluding hydrogens is 142 g/mol. The number of nitrogens with two attached hydrogens (primary N) is 1. The highest BCUT2D eigenvalue weighted by Gasteiger charge is 2.19. The lowest BCUT2D eigenvalue weighted by Crippen LogP contribution is -2.20. The van der Waals surface area contributed by atoms with Crippen molar-refractivity contribution in [2.45, 2.75) is 12.8 Å². The maximum Gasteiger partial charge on any atom is 0.310 e. The summed E-state index contributed by atoms with van der Waals surface area (Å²) in [6.07, 6.45) is 5.31. The van der Waals surface area contributed by atoms with Gasteiger partial charge < -0.3 is 10.8 Å². The van der Waals surface area contributed by atoms with E-state index in [1.165, 1.54) is 0 Å². The minimum absolute atomic E-state index is 0.280. The SMILES string of the molecule is NCC1C=CC(C(=O)O)CC1. The predicted molar refractivity (Wildman–Crippen MR) is 42.0 cm³/mol. The molecule has 1 rings (SSSR count). The van der Waals surface area contributed by atoms with Gasteiger partial charge in [-0.2, -0.15) is 0 Å². The van der Waals surface area contributed by atoms with E-state index in [-0.39, 0.29) is 5.92 Å². The van der Waals surface area contributed by atoms with Crippen molar-refractivity contribution in [3.05, 3.63) is 12.2 Å². The quantitative estimate of drug-likeness (QED) is 0.574. The summed E-state index contributed by atoms with van der Waals surface area (Å²) in [5.74, 6) is -0.611. The van der Waals surface area contributed by atoms with Crippen LogP contribution in [0.3, 0.4) is 0 Å². The molecule has 0 fully saturated rings. The molecule has 1 aliphatic rings. The average molecular weight is 155 g/mol. The van der Waals surface area contributed by atoms with Crippen molar-refractivity contribution >= 4 is 5.97 Å². The van der Waals surface area contributed by atoms with E-state index in [0.29, 0.717) is 12.5 Å². The van der Waals surface area contributed by atoms with Crippen LogP contribution in [0.2, 0.25) is 0 Å². The molecule has 0 bridgehead atoms. The molecule has 0 aromatic carbocycles. The highest BCUT2D eigenvalue weighted by Crippen LogP contribution is 2.21. The summed E-state index contributed by atoms with van der Waals surface area (Å²) in [4.78, 5) is 10.5. The molecule has 3 nitrogen and oxygen atoms in total. The van der Waals surface area contributed by atoms with Gasteiger partial charge >= 0.3 is 5.97 Å². The summed E-state index contributed by atoms with van der Waals surface area (Å²) < 4.78 is 0. The number of carboxylic acids is 1. The maximum absolute atomic E-state index is 10.5. The third kappa shape index (κ3) is 2.05. The molecule has 11 heavy (non-hydrogen) atoms. The van der Waals surface area contributed by atoms with Crippen molar-refractivity contribution < 1.29 is 9.90 Å². The third-order valence-corrected chi connectivity index (χ3v) is 2.08. The molecular formula is C8H13NO2. The fourth-order valence-corrected chi connectivity index (χ4v) is 1.28. The van der Waals surface area contributed by atoms with Crippen LogP contribution < -0.4 is 5.73 Å². The zero-order valence-corrected chi connectivity index (χ0v) is 6.36. The molecule has 3 N–H and O–H groups in total. The molecule has 0 aromatic rings. The van der Waals surface area contributed by atoms with E-state index in [1.54, 1.807) is 6.08 Å². The lowest BCUT2D eigenvalue weighted by Gasteiger charge is -2.18. The summed E-state index contributed by atoms with van der Waals surface area (Å²) in [7, 11) is 0. The van der Waals surface area contributed by atoms with E-state index in [1.807, 2.05) is 6.08 Å². The van der Waals surface area contributed by atoms with Gasteiger partial charge in [-0.1, -0.05) is 12.2 Å². The highest BCUT2D eigenvalue weighted by molar-refractivity contribution is 5.72. The summed E-state index contributed by atoms with van der Waals surface area (Å²) in [6.45, 7) is 0.628. The minimum atomic E-state index is -0.725. The molecule has 0 heterocycles. The van der Waals surface area contributed by atoms with Crippen LogP contribution in [0.1, 0.15) is 12.8 Å². The van der Waals surface area contributed by atoms with Gasteiger partial charge in [-0.05, 0) is 25.3 Å². The van der Waals surface area contributed by atoms with Gasteiger partial charge in [0.05, 0.1) is 5.92 Å². The summed E-state index contributed by atoms with van der Waals surface area (Å²) >= 11 is 0. The van der Waals surface area contributed by atoms with Crippen LogP contribution in [-0.4, -0.2) is 17.6 Å². The molecule has 0 saturated carbocycles. The van der Waals surface area contributed by atoms with E-state index in [2.05, 4.69) is 0 Å². The summed E-state index contributed by atoms with van der Waals surface area (Å²) in [5, 5.41) is 8.61. The Morgan fingerprint density at radius 3 is 2.64 bits per heavy atom. The van der Waals surface area contributed by atoms with Crippen LogP contribution in [0, 0.1) is 11.8 Å². The Morgan fingerprint density at radius 1 is 1.55 bits per heavy atom. The van der Waals surface area contributed by atoms with E-state index in [4.69, 9.17) is 10.8 Å². The molecule has 0 saturated heterocycles. The maximum atomic E-state index is 10.5. The number of rotatable bonds is 2. The smallest absolute Gasteiger partial charge is 0.310 e. The average Bonchev–Trinajstić information content (AvgIpc) is 2.05. The van der Waals surface area contributed by atoms with E-state index >= 15 is 0 Å². The first-order chi connectivity index (χ1) is 5.24.